The van der Waals surface area contributed by atoms with E-state index in [1.807, 2.05) is 6.20 Å². The summed E-state index contributed by atoms with van der Waals surface area (Å²) >= 11 is 0. The first-order chi connectivity index (χ1) is 4.38. The fourth-order valence-corrected chi connectivity index (χ4v) is 1.42. The first-order valence-corrected chi connectivity index (χ1v) is 3.39. The smallest absolute Gasteiger partial charge is 0.0521 e. The van der Waals surface area contributed by atoms with Crippen LogP contribution in [0.3, 0.4) is 0 Å². The Bertz CT molecular complexity index is 225. The van der Waals surface area contributed by atoms with Crippen molar-refractivity contribution < 1.29 is 0 Å². The third-order valence-corrected chi connectivity index (χ3v) is 1.94. The van der Waals surface area contributed by atoms with Crippen LogP contribution in [-0.2, 0) is 13.0 Å². The molecule has 1 aromatic heterocycles. The molecule has 0 aromatic carbocycles. The van der Waals surface area contributed by atoms with Gasteiger partial charge in [0, 0.05) is 12.2 Å². The largest absolute Gasteiger partial charge is 0.269 e. The number of nitrogens with zero attached hydrogens (tertiary/aromatic N) is 2. The van der Waals surface area contributed by atoms with Gasteiger partial charge >= 0.3 is 0 Å². The molecule has 1 aromatic rings. The second-order valence-electron chi connectivity index (χ2n) is 2.60. The molecule has 0 N–H and O–H groups in total. The Morgan fingerprint density at radius 2 is 2.56 bits per heavy atom. The van der Waals surface area contributed by atoms with Crippen LogP contribution in [0.2, 0.25) is 0 Å². The molecule has 0 aliphatic carbocycles. The number of fused-ring (bicyclic) bond motifs is 1. The molecule has 0 bridgehead atoms. The van der Waals surface area contributed by atoms with E-state index in [9.17, 15) is 0 Å². The number of hydrogen-bond donors (Lipinski definition) is 0. The number of hydrogen-bond acceptors (Lipinski definition) is 1. The first-order valence-electron chi connectivity index (χ1n) is 3.39. The molecular formula is C7H10N2. The Morgan fingerprint density at radius 1 is 1.67 bits per heavy atom. The van der Waals surface area contributed by atoms with Crippen molar-refractivity contribution in [1.29, 1.82) is 0 Å². The summed E-state index contributed by atoms with van der Waals surface area (Å²) in [4.78, 5) is 0. The summed E-state index contributed by atoms with van der Waals surface area (Å²) in [5.41, 5.74) is 2.79. The lowest BCUT2D eigenvalue weighted by Gasteiger charge is -1.90. The van der Waals surface area contributed by atoms with Crippen molar-refractivity contribution in [3.8, 4) is 0 Å². The molecule has 0 fully saturated rings. The summed E-state index contributed by atoms with van der Waals surface area (Å²) in [7, 11) is 0. The van der Waals surface area contributed by atoms with Crippen LogP contribution in [0.25, 0.3) is 0 Å². The van der Waals surface area contributed by atoms with Crippen LogP contribution in [0.15, 0.2) is 6.20 Å². The molecule has 0 unspecified atom stereocenters. The van der Waals surface area contributed by atoms with E-state index in [1.54, 1.807) is 0 Å². The molecule has 2 nitrogen and oxygen atoms in total. The molecule has 0 spiro atoms. The summed E-state index contributed by atoms with van der Waals surface area (Å²) in [5.74, 6) is 0. The lowest BCUT2D eigenvalue weighted by molar-refractivity contribution is 0.656. The molecule has 2 rings (SSSR count). The van der Waals surface area contributed by atoms with Gasteiger partial charge in [-0.3, -0.25) is 4.68 Å². The highest BCUT2D eigenvalue weighted by molar-refractivity contribution is 5.17. The van der Waals surface area contributed by atoms with Crippen LogP contribution in [0.5, 0.6) is 0 Å². The average molecular weight is 122 g/mol. The summed E-state index contributed by atoms with van der Waals surface area (Å²) in [5, 5.41) is 4.21. The number of aryl methyl sites for hydroxylation is 2. The summed E-state index contributed by atoms with van der Waals surface area (Å²) < 4.78 is 2.11. The summed E-state index contributed by atoms with van der Waals surface area (Å²) in [6.45, 7) is 3.26. The maximum atomic E-state index is 4.21. The molecule has 9 heavy (non-hydrogen) atoms. The Kier molecular flexibility index (Phi) is 0.891. The first kappa shape index (κ1) is 5.03. The monoisotopic (exact) mass is 122 g/mol. The van der Waals surface area contributed by atoms with Crippen molar-refractivity contribution in [1.82, 2.24) is 9.78 Å². The second kappa shape index (κ2) is 1.59. The van der Waals surface area contributed by atoms with Crippen LogP contribution in [0.4, 0.5) is 0 Å². The fourth-order valence-electron chi connectivity index (χ4n) is 1.42. The lowest BCUT2D eigenvalue weighted by atomic mass is 10.2. The van der Waals surface area contributed by atoms with Crippen LogP contribution >= 0.6 is 0 Å². The molecule has 0 saturated heterocycles. The van der Waals surface area contributed by atoms with Crippen molar-refractivity contribution in [2.24, 2.45) is 0 Å². The second-order valence-corrected chi connectivity index (χ2v) is 2.60. The van der Waals surface area contributed by atoms with E-state index in [-0.39, 0.29) is 0 Å². The van der Waals surface area contributed by atoms with Crippen LogP contribution < -0.4 is 0 Å². The van der Waals surface area contributed by atoms with E-state index in [4.69, 9.17) is 0 Å². The van der Waals surface area contributed by atoms with E-state index in [0.29, 0.717) is 0 Å². The highest BCUT2D eigenvalue weighted by Gasteiger charge is 2.12. The zero-order valence-corrected chi connectivity index (χ0v) is 5.59. The Morgan fingerprint density at radius 3 is 3.33 bits per heavy atom. The van der Waals surface area contributed by atoms with Crippen LogP contribution in [0.1, 0.15) is 17.7 Å². The zero-order valence-electron chi connectivity index (χ0n) is 5.59. The van der Waals surface area contributed by atoms with Gasteiger partial charge in [-0.2, -0.15) is 5.10 Å². The minimum atomic E-state index is 1.13. The number of rotatable bonds is 0. The van der Waals surface area contributed by atoms with Crippen molar-refractivity contribution in [2.75, 3.05) is 0 Å². The van der Waals surface area contributed by atoms with E-state index in [2.05, 4.69) is 16.7 Å². The molecule has 0 saturated carbocycles. The molecule has 2 heterocycles. The predicted molar refractivity (Wildman–Crippen MR) is 35.3 cm³/mol. The van der Waals surface area contributed by atoms with Crippen molar-refractivity contribution >= 4 is 0 Å². The molecule has 48 valence electrons. The normalized spacial score (nSPS) is 16.1. The topological polar surface area (TPSA) is 17.8 Å². The van der Waals surface area contributed by atoms with Gasteiger partial charge in [-0.15, -0.1) is 0 Å². The molecule has 0 atom stereocenters. The van der Waals surface area contributed by atoms with Gasteiger partial charge in [-0.1, -0.05) is 0 Å². The predicted octanol–water partition coefficient (Wildman–Crippen LogP) is 1.14. The van der Waals surface area contributed by atoms with Crippen LogP contribution in [-0.4, -0.2) is 9.78 Å². The molecule has 0 radical (unpaired) electrons. The molecule has 2 heteroatoms. The molecule has 0 amide bonds. The lowest BCUT2D eigenvalue weighted by Crippen LogP contribution is -1.92. The maximum Gasteiger partial charge on any atom is 0.0521 e. The Balaban J connectivity index is 2.56. The number of aromatic nitrogens is 2. The van der Waals surface area contributed by atoms with Gasteiger partial charge in [0.05, 0.1) is 6.20 Å². The molecule has 1 aliphatic heterocycles. The van der Waals surface area contributed by atoms with E-state index in [0.717, 1.165) is 6.54 Å². The molecule has 1 aliphatic rings. The minimum absolute atomic E-state index is 1.13. The standard InChI is InChI=1S/C7H10N2/c1-6-5-8-9-4-2-3-7(6)9/h5H,2-4H2,1H3. The van der Waals surface area contributed by atoms with Gasteiger partial charge in [0.15, 0.2) is 0 Å². The molecular weight excluding hydrogens is 112 g/mol. The maximum absolute atomic E-state index is 4.21. The summed E-state index contributed by atoms with van der Waals surface area (Å²) in [6, 6.07) is 0. The van der Waals surface area contributed by atoms with Gasteiger partial charge in [-0.25, -0.2) is 0 Å². The van der Waals surface area contributed by atoms with Gasteiger partial charge in [0.1, 0.15) is 0 Å². The van der Waals surface area contributed by atoms with E-state index in [1.165, 1.54) is 24.1 Å². The Hall–Kier alpha value is -0.790. The van der Waals surface area contributed by atoms with Crippen molar-refractivity contribution in [2.45, 2.75) is 26.3 Å². The van der Waals surface area contributed by atoms with Gasteiger partial charge < -0.3 is 0 Å². The van der Waals surface area contributed by atoms with Crippen molar-refractivity contribution in [3.63, 3.8) is 0 Å². The average Bonchev–Trinajstić information content (AvgIpc) is 2.35. The zero-order chi connectivity index (χ0) is 6.27. The van der Waals surface area contributed by atoms with E-state index >= 15 is 0 Å². The minimum Gasteiger partial charge on any atom is -0.269 e. The highest BCUT2D eigenvalue weighted by Crippen LogP contribution is 2.16. The summed E-state index contributed by atoms with van der Waals surface area (Å²) in [6.07, 6.45) is 4.46. The Labute approximate surface area is 54.5 Å². The van der Waals surface area contributed by atoms with Gasteiger partial charge in [-0.05, 0) is 25.3 Å². The SMILES string of the molecule is Cc1cnn2c1CCC2. The van der Waals surface area contributed by atoms with E-state index < -0.39 is 0 Å². The van der Waals surface area contributed by atoms with Crippen LogP contribution in [0, 0.1) is 6.92 Å². The quantitative estimate of drug-likeness (QED) is 0.504. The fraction of sp³-hybridized carbons (Fsp3) is 0.571. The van der Waals surface area contributed by atoms with Gasteiger partial charge in [0.2, 0.25) is 0 Å². The van der Waals surface area contributed by atoms with Crippen molar-refractivity contribution in [3.05, 3.63) is 17.5 Å². The highest BCUT2D eigenvalue weighted by atomic mass is 15.3. The van der Waals surface area contributed by atoms with Gasteiger partial charge in [0.25, 0.3) is 0 Å². The third kappa shape index (κ3) is 0.590. The third-order valence-electron chi connectivity index (χ3n) is 1.94.